The fourth-order valence-corrected chi connectivity index (χ4v) is 0.702. The molecule has 1 unspecified atom stereocenters. The van der Waals surface area contributed by atoms with E-state index in [0.717, 1.165) is 6.29 Å². The molecule has 0 aromatic rings. The van der Waals surface area contributed by atoms with Gasteiger partial charge in [-0.3, -0.25) is 4.79 Å². The van der Waals surface area contributed by atoms with Crippen LogP contribution in [0.25, 0.3) is 0 Å². The number of esters is 1. The molecule has 0 bridgehead atoms. The number of hydrogen-bond acceptors (Lipinski definition) is 5. The highest BCUT2D eigenvalue weighted by Gasteiger charge is 2.16. The first-order chi connectivity index (χ1) is 7.26. The van der Waals surface area contributed by atoms with Crippen LogP contribution in [0.15, 0.2) is 0 Å². The molecule has 0 spiro atoms. The van der Waals surface area contributed by atoms with E-state index in [1.807, 2.05) is 20.8 Å². The van der Waals surface area contributed by atoms with Crippen LogP contribution in [0.1, 0.15) is 34.6 Å². The summed E-state index contributed by atoms with van der Waals surface area (Å²) >= 11 is 0. The molecule has 5 heteroatoms. The number of hydrogen-bond donors (Lipinski definition) is 1. The van der Waals surface area contributed by atoms with Crippen LogP contribution in [0.3, 0.4) is 0 Å². The van der Waals surface area contributed by atoms with Crippen molar-refractivity contribution >= 4 is 12.3 Å². The highest BCUT2D eigenvalue weighted by molar-refractivity contribution is 5.66. The highest BCUT2D eigenvalue weighted by atomic mass is 16.6. The van der Waals surface area contributed by atoms with Crippen molar-refractivity contribution in [3.8, 4) is 0 Å². The van der Waals surface area contributed by atoms with E-state index in [4.69, 9.17) is 19.4 Å². The van der Waals surface area contributed by atoms with Crippen LogP contribution in [0, 0.1) is 0 Å². The van der Waals surface area contributed by atoms with E-state index in [0.29, 0.717) is 0 Å². The van der Waals surface area contributed by atoms with Crippen molar-refractivity contribution < 1.29 is 24.2 Å². The van der Waals surface area contributed by atoms with E-state index >= 15 is 0 Å². The molecule has 0 fully saturated rings. The molecule has 0 aromatic carbocycles. The summed E-state index contributed by atoms with van der Waals surface area (Å²) in [5.41, 5.74) is -0.284. The van der Waals surface area contributed by atoms with Gasteiger partial charge in [-0.15, -0.1) is 0 Å². The molecule has 1 N–H and O–H groups in total. The summed E-state index contributed by atoms with van der Waals surface area (Å²) in [6, 6.07) is 0. The van der Waals surface area contributed by atoms with Crippen molar-refractivity contribution in [3.63, 3.8) is 0 Å². The van der Waals surface area contributed by atoms with E-state index in [-0.39, 0.29) is 18.8 Å². The zero-order chi connectivity index (χ0) is 13.2. The van der Waals surface area contributed by atoms with Gasteiger partial charge in [0.15, 0.2) is 0 Å². The Labute approximate surface area is 96.7 Å². The minimum absolute atomic E-state index is 0.213. The molecule has 0 aliphatic rings. The van der Waals surface area contributed by atoms with Gasteiger partial charge in [0.25, 0.3) is 0 Å². The lowest BCUT2D eigenvalue weighted by Crippen LogP contribution is -2.31. The van der Waals surface area contributed by atoms with E-state index < -0.39 is 12.1 Å². The minimum atomic E-state index is -0.559. The molecule has 0 radical (unpaired) electrons. The molecule has 16 heavy (non-hydrogen) atoms. The molecule has 0 aliphatic heterocycles. The smallest absolute Gasteiger partial charge is 0.303 e. The predicted molar refractivity (Wildman–Crippen MR) is 60.1 cm³/mol. The number of rotatable bonds is 4. The summed E-state index contributed by atoms with van der Waals surface area (Å²) in [5.74, 6) is -0.406. The van der Waals surface area contributed by atoms with Crippen LogP contribution >= 0.6 is 0 Å². The summed E-state index contributed by atoms with van der Waals surface area (Å²) in [4.78, 5) is 19.4. The van der Waals surface area contributed by atoms with Gasteiger partial charge in [0, 0.05) is 6.92 Å². The van der Waals surface area contributed by atoms with Gasteiger partial charge < -0.3 is 19.4 Å². The van der Waals surface area contributed by atoms with Crippen LogP contribution in [0.5, 0.6) is 0 Å². The van der Waals surface area contributed by atoms with E-state index in [9.17, 15) is 4.79 Å². The lowest BCUT2D eigenvalue weighted by Gasteiger charge is -2.23. The fraction of sp³-hybridized carbons (Fsp3) is 0.818. The molecular weight excluding hydrogens is 212 g/mol. The van der Waals surface area contributed by atoms with Crippen molar-refractivity contribution in [1.82, 2.24) is 0 Å². The molecule has 0 saturated heterocycles. The summed E-state index contributed by atoms with van der Waals surface area (Å²) in [5, 5.41) is 8.81. The maximum atomic E-state index is 10.5. The third-order valence-corrected chi connectivity index (χ3v) is 1.24. The molecule has 0 saturated carbocycles. The summed E-state index contributed by atoms with van der Waals surface area (Å²) in [6.07, 6.45) is 0.191. The lowest BCUT2D eigenvalue weighted by atomic mass is 10.2. The third-order valence-electron chi connectivity index (χ3n) is 1.24. The molecule has 0 aliphatic carbocycles. The summed E-state index contributed by atoms with van der Waals surface area (Å²) in [6.45, 7) is 8.45. The molecule has 0 heterocycles. The number of aldehydes is 1. The maximum absolute atomic E-state index is 10.5. The standard InChI is InChI=1S/C9H18O4.C2H4O/c1-7(11)13-8(5-10)6-12-9(2,3)4;1-2-3/h8,10H,5-6H2,1-4H3;2H,1H3. The number of carbonyl (C=O) groups excluding carboxylic acids is 2. The lowest BCUT2D eigenvalue weighted by molar-refractivity contribution is -0.155. The molecule has 96 valence electrons. The Bertz CT molecular complexity index is 195. The molecule has 0 rings (SSSR count). The zero-order valence-electron chi connectivity index (χ0n) is 10.6. The fourth-order valence-electron chi connectivity index (χ4n) is 0.702. The monoisotopic (exact) mass is 234 g/mol. The molecule has 5 nitrogen and oxygen atoms in total. The first-order valence-corrected chi connectivity index (χ1v) is 5.08. The van der Waals surface area contributed by atoms with Crippen LogP contribution in [0.2, 0.25) is 0 Å². The van der Waals surface area contributed by atoms with Gasteiger partial charge >= 0.3 is 5.97 Å². The first-order valence-electron chi connectivity index (χ1n) is 5.08. The largest absolute Gasteiger partial charge is 0.458 e. The second-order valence-electron chi connectivity index (χ2n) is 4.07. The van der Waals surface area contributed by atoms with E-state index in [2.05, 4.69) is 0 Å². The summed E-state index contributed by atoms with van der Waals surface area (Å²) in [7, 11) is 0. The molecular formula is C11H22O5. The van der Waals surface area contributed by atoms with Gasteiger partial charge in [-0.1, -0.05) is 0 Å². The van der Waals surface area contributed by atoms with Gasteiger partial charge in [-0.05, 0) is 27.7 Å². The van der Waals surface area contributed by atoms with Crippen LogP contribution in [-0.2, 0) is 19.1 Å². The predicted octanol–water partition coefficient (Wildman–Crippen LogP) is 0.931. The number of carbonyl (C=O) groups is 2. The zero-order valence-corrected chi connectivity index (χ0v) is 10.6. The maximum Gasteiger partial charge on any atom is 0.303 e. The Hall–Kier alpha value is -0.940. The van der Waals surface area contributed by atoms with Gasteiger partial charge in [0.05, 0.1) is 18.8 Å². The molecule has 1 atom stereocenters. The van der Waals surface area contributed by atoms with Crippen molar-refractivity contribution in [2.45, 2.75) is 46.3 Å². The first kappa shape index (κ1) is 17.5. The van der Waals surface area contributed by atoms with Gasteiger partial charge in [0.1, 0.15) is 12.4 Å². The quantitative estimate of drug-likeness (QED) is 0.578. The van der Waals surface area contributed by atoms with Gasteiger partial charge in [-0.25, -0.2) is 0 Å². The normalized spacial score (nSPS) is 12.1. The molecule has 0 aromatic heterocycles. The van der Waals surface area contributed by atoms with E-state index in [1.165, 1.54) is 13.8 Å². The Morgan fingerprint density at radius 3 is 2.12 bits per heavy atom. The van der Waals surface area contributed by atoms with Crippen LogP contribution < -0.4 is 0 Å². The van der Waals surface area contributed by atoms with Crippen molar-refractivity contribution in [2.75, 3.05) is 13.2 Å². The SMILES string of the molecule is CC(=O)OC(CO)COC(C)(C)C.CC=O. The van der Waals surface area contributed by atoms with Crippen LogP contribution in [-0.4, -0.2) is 42.3 Å². The second kappa shape index (κ2) is 9.30. The number of aliphatic hydroxyl groups excluding tert-OH is 1. The second-order valence-corrected chi connectivity index (χ2v) is 4.07. The Kier molecular flexibility index (Phi) is 10.1. The van der Waals surface area contributed by atoms with E-state index in [1.54, 1.807) is 0 Å². The Balaban J connectivity index is 0. The minimum Gasteiger partial charge on any atom is -0.458 e. The topological polar surface area (TPSA) is 72.8 Å². The Morgan fingerprint density at radius 1 is 1.44 bits per heavy atom. The number of ether oxygens (including phenoxy) is 2. The van der Waals surface area contributed by atoms with Gasteiger partial charge in [0.2, 0.25) is 0 Å². The highest BCUT2D eigenvalue weighted by Crippen LogP contribution is 2.08. The summed E-state index contributed by atoms with van der Waals surface area (Å²) < 4.78 is 10.1. The average molecular weight is 234 g/mol. The number of aliphatic hydroxyl groups is 1. The van der Waals surface area contributed by atoms with Gasteiger partial charge in [-0.2, -0.15) is 0 Å². The van der Waals surface area contributed by atoms with Crippen molar-refractivity contribution in [2.24, 2.45) is 0 Å². The van der Waals surface area contributed by atoms with Crippen LogP contribution in [0.4, 0.5) is 0 Å². The Morgan fingerprint density at radius 2 is 1.88 bits per heavy atom. The average Bonchev–Trinajstić information content (AvgIpc) is 2.11. The van der Waals surface area contributed by atoms with Crippen molar-refractivity contribution in [1.29, 1.82) is 0 Å². The third kappa shape index (κ3) is 15.5. The molecule has 0 amide bonds. The van der Waals surface area contributed by atoms with Crippen molar-refractivity contribution in [3.05, 3.63) is 0 Å².